The molecule has 0 unspecified atom stereocenters. The zero-order valence-corrected chi connectivity index (χ0v) is 15.6. The first kappa shape index (κ1) is 15.0. The van der Waals surface area contributed by atoms with Crippen molar-refractivity contribution in [3.8, 4) is 0 Å². The molecule has 5 aliphatic carbocycles. The van der Waals surface area contributed by atoms with E-state index in [2.05, 4.69) is 84.9 Å². The Morgan fingerprint density at radius 1 is 0.714 bits per heavy atom. The van der Waals surface area contributed by atoms with E-state index in [1.54, 1.807) is 0 Å². The van der Waals surface area contributed by atoms with Gasteiger partial charge in [-0.15, -0.1) is 0 Å². The first-order valence-electron chi connectivity index (χ1n) is 10.3. The van der Waals surface area contributed by atoms with Gasteiger partial charge < -0.3 is 0 Å². The van der Waals surface area contributed by atoms with Gasteiger partial charge in [0.25, 0.3) is 0 Å². The first-order valence-corrected chi connectivity index (χ1v) is 10.3. The maximum atomic E-state index is 13.9. The fourth-order valence-corrected chi connectivity index (χ4v) is 7.13. The highest BCUT2D eigenvalue weighted by molar-refractivity contribution is 6.02. The largest absolute Gasteiger partial charge is 0.298 e. The predicted molar refractivity (Wildman–Crippen MR) is 110 cm³/mol. The molecule has 1 fully saturated rings. The summed E-state index contributed by atoms with van der Waals surface area (Å²) in [5, 5.41) is 0. The van der Waals surface area contributed by atoms with Crippen LogP contribution >= 0.6 is 0 Å². The molecule has 0 aromatic heterocycles. The predicted octanol–water partition coefficient (Wildman–Crippen LogP) is 5.39. The lowest BCUT2D eigenvalue weighted by atomic mass is 9.45. The summed E-state index contributed by atoms with van der Waals surface area (Å²) >= 11 is 0. The van der Waals surface area contributed by atoms with E-state index < -0.39 is 5.41 Å². The first-order chi connectivity index (χ1) is 13.8. The molecule has 8 rings (SSSR count). The molecule has 134 valence electrons. The molecular formula is C27H20O. The summed E-state index contributed by atoms with van der Waals surface area (Å²) in [6, 6.07) is 26.4. The molecule has 0 amide bonds. The number of allylic oxidation sites excluding steroid dienone is 2. The Labute approximate surface area is 164 Å². The quantitative estimate of drug-likeness (QED) is 0.492. The molecule has 0 N–H and O–H groups in total. The van der Waals surface area contributed by atoms with E-state index in [1.165, 1.54) is 33.4 Å². The van der Waals surface area contributed by atoms with Gasteiger partial charge in [0.15, 0.2) is 0 Å². The Bertz CT molecular complexity index is 1170. The van der Waals surface area contributed by atoms with Crippen molar-refractivity contribution in [1.82, 2.24) is 0 Å². The summed E-state index contributed by atoms with van der Waals surface area (Å²) in [7, 11) is 0. The number of ketones is 1. The number of rotatable bonds is 0. The second-order valence-electron chi connectivity index (χ2n) is 8.77. The molecule has 2 atom stereocenters. The van der Waals surface area contributed by atoms with Gasteiger partial charge in [0.2, 0.25) is 0 Å². The Kier molecular flexibility index (Phi) is 2.54. The van der Waals surface area contributed by atoms with Crippen LogP contribution in [0.15, 0.2) is 84.9 Å². The number of carbonyl (C=O) groups is 1. The van der Waals surface area contributed by atoms with E-state index in [4.69, 9.17) is 0 Å². The highest BCUT2D eigenvalue weighted by Gasteiger charge is 2.67. The van der Waals surface area contributed by atoms with Crippen LogP contribution in [-0.2, 0) is 15.6 Å². The van der Waals surface area contributed by atoms with Crippen molar-refractivity contribution in [1.29, 1.82) is 0 Å². The van der Waals surface area contributed by atoms with E-state index in [0.29, 0.717) is 18.1 Å². The molecule has 0 heterocycles. The van der Waals surface area contributed by atoms with Gasteiger partial charge in [0.1, 0.15) is 5.78 Å². The molecule has 28 heavy (non-hydrogen) atoms. The molecule has 0 saturated heterocycles. The minimum absolute atomic E-state index is 0.266. The normalized spacial score (nSPS) is 32.9. The SMILES string of the molecule is O=C1CC[C@]23C=C[C@H](c4ccccc42)C2c4ccccc4C13c1ccccc12. The number of hydrogen-bond acceptors (Lipinski definition) is 1. The molecule has 3 aromatic carbocycles. The van der Waals surface area contributed by atoms with Crippen LogP contribution in [0.25, 0.3) is 0 Å². The van der Waals surface area contributed by atoms with Crippen LogP contribution in [0.4, 0.5) is 0 Å². The highest BCUT2D eigenvalue weighted by atomic mass is 16.1. The van der Waals surface area contributed by atoms with Gasteiger partial charge >= 0.3 is 0 Å². The van der Waals surface area contributed by atoms with Crippen molar-refractivity contribution < 1.29 is 4.79 Å². The van der Waals surface area contributed by atoms with Gasteiger partial charge in [0.05, 0.1) is 5.41 Å². The molecule has 0 radical (unpaired) electrons. The smallest absolute Gasteiger partial charge is 0.149 e. The summed E-state index contributed by atoms with van der Waals surface area (Å²) < 4.78 is 0. The van der Waals surface area contributed by atoms with Crippen molar-refractivity contribution in [3.63, 3.8) is 0 Å². The minimum atomic E-state index is -0.602. The third-order valence-corrected chi connectivity index (χ3v) is 7.98. The summed E-state index contributed by atoms with van der Waals surface area (Å²) in [6.07, 6.45) is 6.37. The third-order valence-electron chi connectivity index (χ3n) is 7.98. The van der Waals surface area contributed by atoms with E-state index in [1.807, 2.05) is 0 Å². The summed E-state index contributed by atoms with van der Waals surface area (Å²) in [4.78, 5) is 13.9. The Morgan fingerprint density at radius 3 is 1.96 bits per heavy atom. The van der Waals surface area contributed by atoms with Gasteiger partial charge in [0, 0.05) is 23.7 Å². The Balaban J connectivity index is 1.77. The van der Waals surface area contributed by atoms with Gasteiger partial charge in [-0.05, 0) is 39.8 Å². The molecule has 5 aliphatic rings. The fourth-order valence-electron chi connectivity index (χ4n) is 7.13. The van der Waals surface area contributed by atoms with Crippen LogP contribution in [0.1, 0.15) is 58.1 Å². The van der Waals surface area contributed by atoms with Gasteiger partial charge in [-0.2, -0.15) is 0 Å². The van der Waals surface area contributed by atoms with Crippen LogP contribution in [0.3, 0.4) is 0 Å². The molecule has 4 bridgehead atoms. The monoisotopic (exact) mass is 360 g/mol. The van der Waals surface area contributed by atoms with Gasteiger partial charge in [-0.3, -0.25) is 4.79 Å². The van der Waals surface area contributed by atoms with Crippen LogP contribution in [0.2, 0.25) is 0 Å². The maximum absolute atomic E-state index is 13.9. The topological polar surface area (TPSA) is 17.1 Å². The van der Waals surface area contributed by atoms with Crippen LogP contribution in [0.5, 0.6) is 0 Å². The van der Waals surface area contributed by atoms with Crippen LogP contribution in [0, 0.1) is 0 Å². The summed E-state index contributed by atoms with van der Waals surface area (Å²) in [5.41, 5.74) is 7.12. The summed E-state index contributed by atoms with van der Waals surface area (Å²) in [6.45, 7) is 0. The van der Waals surface area contributed by atoms with E-state index >= 15 is 0 Å². The standard InChI is InChI=1S/C27H20O/c28-24-14-16-26-15-13-18(17-7-1-4-10-21(17)26)25-19-8-2-5-11-22(19)27(24,26)23-12-6-3-9-20(23)25/h1-13,15,18,25H,14,16H2/t18-,25?,26-,27?/m1/s1. The number of hydrogen-bond donors (Lipinski definition) is 0. The number of benzene rings is 3. The highest BCUT2D eigenvalue weighted by Crippen LogP contribution is 2.68. The molecule has 2 spiro atoms. The molecule has 1 nitrogen and oxygen atoms in total. The Hall–Kier alpha value is -2.93. The zero-order chi connectivity index (χ0) is 18.5. The van der Waals surface area contributed by atoms with E-state index in [-0.39, 0.29) is 11.3 Å². The van der Waals surface area contributed by atoms with Crippen molar-refractivity contribution >= 4 is 5.78 Å². The average molecular weight is 360 g/mol. The molecule has 3 aromatic rings. The lowest BCUT2D eigenvalue weighted by molar-refractivity contribution is -0.121. The Morgan fingerprint density at radius 2 is 1.29 bits per heavy atom. The van der Waals surface area contributed by atoms with E-state index in [9.17, 15) is 4.79 Å². The second kappa shape index (κ2) is 4.72. The summed E-state index contributed by atoms with van der Waals surface area (Å²) in [5.74, 6) is 0.964. The van der Waals surface area contributed by atoms with Crippen molar-refractivity contribution in [2.75, 3.05) is 0 Å². The fraction of sp³-hybridized carbons (Fsp3) is 0.222. The number of carbonyl (C=O) groups excluding carboxylic acids is 1. The van der Waals surface area contributed by atoms with Crippen molar-refractivity contribution in [2.45, 2.75) is 35.5 Å². The third kappa shape index (κ3) is 1.35. The molecule has 1 heteroatoms. The lowest BCUT2D eigenvalue weighted by Crippen LogP contribution is -2.55. The van der Waals surface area contributed by atoms with Gasteiger partial charge in [-0.1, -0.05) is 84.9 Å². The zero-order valence-electron chi connectivity index (χ0n) is 15.6. The molecule has 0 aliphatic heterocycles. The second-order valence-corrected chi connectivity index (χ2v) is 8.77. The minimum Gasteiger partial charge on any atom is -0.298 e. The number of Topliss-reactive ketones (excluding diaryl/α,β-unsaturated/α-hetero) is 1. The molecular weight excluding hydrogens is 340 g/mol. The van der Waals surface area contributed by atoms with E-state index in [0.717, 1.165) is 6.42 Å². The van der Waals surface area contributed by atoms with Gasteiger partial charge in [-0.25, -0.2) is 0 Å². The maximum Gasteiger partial charge on any atom is 0.149 e. The lowest BCUT2D eigenvalue weighted by Gasteiger charge is -2.56. The van der Waals surface area contributed by atoms with Crippen molar-refractivity contribution in [3.05, 3.63) is 118 Å². The van der Waals surface area contributed by atoms with Crippen LogP contribution in [-0.4, -0.2) is 5.78 Å². The molecule has 1 saturated carbocycles. The van der Waals surface area contributed by atoms with Crippen LogP contribution < -0.4 is 0 Å². The van der Waals surface area contributed by atoms with Crippen molar-refractivity contribution in [2.24, 2.45) is 0 Å². The average Bonchev–Trinajstić information content (AvgIpc) is 3.00.